The molecule has 1 saturated heterocycles. The average molecular weight is 811 g/mol. The molecule has 13 nitrogen and oxygen atoms in total. The third-order valence-electron chi connectivity index (χ3n) is 8.40. The summed E-state index contributed by atoms with van der Waals surface area (Å²) in [5.41, 5.74) is 3.91. The number of carboxylic acid groups (broad SMARTS) is 2. The number of anilines is 1. The fourth-order valence-corrected chi connectivity index (χ4v) is 6.32. The molecule has 5 rings (SSSR count). The lowest BCUT2D eigenvalue weighted by atomic mass is 9.88. The third kappa shape index (κ3) is 15.6. The van der Waals surface area contributed by atoms with Gasteiger partial charge in [-0.1, -0.05) is 36.7 Å². The molecule has 2 aliphatic rings. The van der Waals surface area contributed by atoms with Crippen molar-refractivity contribution in [2.45, 2.75) is 38.2 Å². The Balaban J connectivity index is 0.000000641. The highest BCUT2D eigenvalue weighted by molar-refractivity contribution is 6.30. The zero-order valence-electron chi connectivity index (χ0n) is 30.3. The molecule has 2 unspecified atom stereocenters. The monoisotopic (exact) mass is 810 g/mol. The number of aromatic nitrogens is 1. The topological polar surface area (TPSA) is 168 Å². The summed E-state index contributed by atoms with van der Waals surface area (Å²) in [5.74, 6) is -2.93. The molecule has 55 heavy (non-hydrogen) atoms. The molecule has 0 radical (unpaired) electrons. The van der Waals surface area contributed by atoms with E-state index in [1.54, 1.807) is 0 Å². The second kappa shape index (κ2) is 22.7. The van der Waals surface area contributed by atoms with Crippen molar-refractivity contribution in [3.8, 4) is 0 Å². The molecule has 306 valence electrons. The van der Waals surface area contributed by atoms with Gasteiger partial charge in [0.05, 0.1) is 13.2 Å². The van der Waals surface area contributed by atoms with Crippen LogP contribution in [-0.2, 0) is 25.5 Å². The first-order valence-corrected chi connectivity index (χ1v) is 17.2. The lowest BCUT2D eigenvalue weighted by molar-refractivity contribution is -0.192. The number of amides is 3. The number of carboxylic acids is 1. The summed E-state index contributed by atoms with van der Waals surface area (Å²) in [6.07, 6.45) is -2.29. The molecule has 20 heteroatoms. The van der Waals surface area contributed by atoms with Crippen LogP contribution in [0, 0.1) is 5.92 Å². The Kier molecular flexibility index (Phi) is 19.2. The van der Waals surface area contributed by atoms with E-state index in [1.165, 1.54) is 0 Å². The molecule has 3 aromatic rings. The number of alkyl halides is 6. The number of urea groups is 1. The standard InChI is InChI=1S/C31H41ClN6O3.C2HF3O2.CHF3.CH2O2/c1-21(26-18-34-27-7-5-4-6-25(26)27)29(35-31(40)33-10-11-37-12-14-41-15-13-37)30(39)38-20-22(19-36(2)3)16-23-17-24(32)8-9-28(23)38;3-2(4,5)1(6)7;2-1(3)4;2-1-3/h4-9,17-18,21-22,29,34H,10-16,19-20H2,1-3H3,(H2,33,35,40);(H,6,7);1H;1H,(H,2,3)/t21?,22-,29?;;;/m1.../s1. The van der Waals surface area contributed by atoms with E-state index < -0.39 is 24.9 Å². The Bertz CT molecular complexity index is 1670. The number of aliphatic carboxylic acids is 1. The van der Waals surface area contributed by atoms with Gasteiger partial charge in [0.15, 0.2) is 0 Å². The molecule has 3 atom stereocenters. The molecule has 5 N–H and O–H groups in total. The minimum absolute atomic E-state index is 0.127. The van der Waals surface area contributed by atoms with E-state index in [2.05, 4.69) is 25.4 Å². The number of carbonyl (C=O) groups is 4. The summed E-state index contributed by atoms with van der Waals surface area (Å²) >= 11 is 6.37. The quantitative estimate of drug-likeness (QED) is 0.144. The van der Waals surface area contributed by atoms with Gasteiger partial charge in [-0.25, -0.2) is 9.59 Å². The maximum absolute atomic E-state index is 14.5. The average Bonchev–Trinajstić information content (AvgIpc) is 3.54. The molecule has 0 spiro atoms. The Morgan fingerprint density at radius 3 is 2.29 bits per heavy atom. The predicted octanol–water partition coefficient (Wildman–Crippen LogP) is 5.20. The Morgan fingerprint density at radius 2 is 1.71 bits per heavy atom. The summed E-state index contributed by atoms with van der Waals surface area (Å²) in [6.45, 7) is 3.87. The molecule has 0 bridgehead atoms. The summed E-state index contributed by atoms with van der Waals surface area (Å²) in [4.78, 5) is 54.6. The molecule has 3 amide bonds. The van der Waals surface area contributed by atoms with Crippen molar-refractivity contribution in [2.24, 2.45) is 5.92 Å². The van der Waals surface area contributed by atoms with Gasteiger partial charge in [-0.05, 0) is 61.8 Å². The van der Waals surface area contributed by atoms with Gasteiger partial charge in [0, 0.05) is 73.0 Å². The summed E-state index contributed by atoms with van der Waals surface area (Å²) in [7, 11) is 4.09. The molecule has 1 fully saturated rings. The van der Waals surface area contributed by atoms with Gasteiger partial charge in [0.2, 0.25) is 5.91 Å². The predicted molar refractivity (Wildman–Crippen MR) is 193 cm³/mol. The van der Waals surface area contributed by atoms with E-state index >= 15 is 0 Å². The Labute approximate surface area is 318 Å². The zero-order valence-corrected chi connectivity index (χ0v) is 31.0. The van der Waals surface area contributed by atoms with E-state index in [0.717, 1.165) is 60.3 Å². The van der Waals surface area contributed by atoms with Gasteiger partial charge in [-0.2, -0.15) is 26.3 Å². The molecule has 2 aliphatic heterocycles. The molecular weight excluding hydrogens is 766 g/mol. The van der Waals surface area contributed by atoms with Gasteiger partial charge < -0.3 is 40.4 Å². The summed E-state index contributed by atoms with van der Waals surface area (Å²) < 4.78 is 66.2. The number of nitrogens with one attached hydrogen (secondary N) is 3. The number of fused-ring (bicyclic) bond motifs is 2. The number of rotatable bonds is 9. The van der Waals surface area contributed by atoms with E-state index in [1.807, 2.05) is 74.6 Å². The fourth-order valence-electron chi connectivity index (χ4n) is 6.12. The van der Waals surface area contributed by atoms with Crippen LogP contribution < -0.4 is 15.5 Å². The van der Waals surface area contributed by atoms with Crippen LogP contribution in [0.15, 0.2) is 48.7 Å². The lowest BCUT2D eigenvalue weighted by Gasteiger charge is -2.38. The van der Waals surface area contributed by atoms with Crippen molar-refractivity contribution in [1.82, 2.24) is 25.4 Å². The zero-order chi connectivity index (χ0) is 41.3. The Hall–Kier alpha value is -4.59. The van der Waals surface area contributed by atoms with Crippen LogP contribution in [0.5, 0.6) is 0 Å². The fraction of sp³-hybridized carbons (Fsp3) is 0.486. The van der Waals surface area contributed by atoms with E-state index in [-0.39, 0.29) is 30.2 Å². The maximum Gasteiger partial charge on any atom is 0.490 e. The first kappa shape index (κ1) is 46.6. The Morgan fingerprint density at radius 1 is 1.11 bits per heavy atom. The number of hydrogen-bond acceptors (Lipinski definition) is 7. The first-order valence-electron chi connectivity index (χ1n) is 16.8. The number of hydrogen-bond donors (Lipinski definition) is 5. The molecule has 3 heterocycles. The van der Waals surface area contributed by atoms with Crippen LogP contribution >= 0.6 is 11.6 Å². The van der Waals surface area contributed by atoms with Crippen LogP contribution in [0.1, 0.15) is 24.0 Å². The van der Waals surface area contributed by atoms with Crippen molar-refractivity contribution in [2.75, 3.05) is 71.5 Å². The first-order chi connectivity index (χ1) is 25.9. The van der Waals surface area contributed by atoms with E-state index in [0.29, 0.717) is 31.3 Å². The van der Waals surface area contributed by atoms with Gasteiger partial charge in [0.1, 0.15) is 6.04 Å². The van der Waals surface area contributed by atoms with Crippen molar-refractivity contribution in [3.05, 3.63) is 64.8 Å². The van der Waals surface area contributed by atoms with E-state index in [4.69, 9.17) is 36.1 Å². The van der Waals surface area contributed by atoms with Crippen LogP contribution in [0.2, 0.25) is 5.02 Å². The van der Waals surface area contributed by atoms with E-state index in [9.17, 15) is 35.9 Å². The minimum Gasteiger partial charge on any atom is -0.483 e. The number of nitrogens with zero attached hydrogens (tertiary/aromatic N) is 3. The SMILES string of the molecule is CC(c1c[nH]c2ccccc12)C(NC(=O)NCCN1CCOCC1)C(=O)N1C[C@@H](CN(C)C)Cc2cc(Cl)ccc21.FC(F)F.O=C(O)C(F)(F)F.O=CO. The highest BCUT2D eigenvalue weighted by Crippen LogP contribution is 2.35. The minimum atomic E-state index is -5.08. The van der Waals surface area contributed by atoms with Crippen LogP contribution in [0.3, 0.4) is 0 Å². The second-order valence-electron chi connectivity index (χ2n) is 12.6. The molecule has 1 aromatic heterocycles. The maximum atomic E-state index is 14.5. The molecular formula is C35H45ClF6N6O7. The smallest absolute Gasteiger partial charge is 0.483 e. The second-order valence-corrected chi connectivity index (χ2v) is 13.1. The highest BCUT2D eigenvalue weighted by atomic mass is 35.5. The van der Waals surface area contributed by atoms with Crippen molar-refractivity contribution in [1.29, 1.82) is 0 Å². The number of morpholine rings is 1. The number of carbonyl (C=O) groups excluding carboxylic acids is 2. The van der Waals surface area contributed by atoms with Crippen LogP contribution in [0.25, 0.3) is 10.9 Å². The molecule has 0 aliphatic carbocycles. The van der Waals surface area contributed by atoms with Crippen molar-refractivity contribution in [3.63, 3.8) is 0 Å². The highest BCUT2D eigenvalue weighted by Gasteiger charge is 2.39. The van der Waals surface area contributed by atoms with Gasteiger partial charge in [0.25, 0.3) is 6.47 Å². The summed E-state index contributed by atoms with van der Waals surface area (Å²) in [6, 6.07) is 12.6. The third-order valence-corrected chi connectivity index (χ3v) is 8.63. The number of benzene rings is 2. The molecule has 0 saturated carbocycles. The van der Waals surface area contributed by atoms with Gasteiger partial charge in [-0.3, -0.25) is 14.5 Å². The lowest BCUT2D eigenvalue weighted by Crippen LogP contribution is -2.56. The van der Waals surface area contributed by atoms with Gasteiger partial charge in [-0.15, -0.1) is 0 Å². The molecule has 2 aromatic carbocycles. The number of aromatic amines is 1. The normalized spacial score (nSPS) is 16.6. The van der Waals surface area contributed by atoms with Crippen LogP contribution in [-0.4, -0.2) is 135 Å². The largest absolute Gasteiger partial charge is 0.490 e. The van der Waals surface area contributed by atoms with Crippen molar-refractivity contribution >= 4 is 52.6 Å². The number of ether oxygens (including phenoxy) is 1. The van der Waals surface area contributed by atoms with Gasteiger partial charge >= 0.3 is 24.9 Å². The summed E-state index contributed by atoms with van der Waals surface area (Å²) in [5, 5.41) is 21.8. The van der Waals surface area contributed by atoms with Crippen molar-refractivity contribution < 1.29 is 60.5 Å². The van der Waals surface area contributed by atoms with Crippen LogP contribution in [0.4, 0.5) is 36.8 Å². The number of halogens is 7. The number of H-pyrrole nitrogens is 1. The number of para-hydroxylation sites is 1.